The van der Waals surface area contributed by atoms with Gasteiger partial charge in [-0.15, -0.1) is 11.3 Å². The van der Waals surface area contributed by atoms with Gasteiger partial charge in [0.25, 0.3) is 5.91 Å². The van der Waals surface area contributed by atoms with E-state index in [2.05, 4.69) is 22.4 Å². The first-order valence-corrected chi connectivity index (χ1v) is 11.5. The fourth-order valence-corrected chi connectivity index (χ4v) is 5.30. The second-order valence-electron chi connectivity index (χ2n) is 8.06. The van der Waals surface area contributed by atoms with Crippen molar-refractivity contribution in [3.8, 4) is 5.75 Å². The average Bonchev–Trinajstić information content (AvgIpc) is 3.36. The van der Waals surface area contributed by atoms with Crippen LogP contribution in [0.2, 0.25) is 0 Å². The van der Waals surface area contributed by atoms with Gasteiger partial charge in [0.15, 0.2) is 0 Å². The van der Waals surface area contributed by atoms with Gasteiger partial charge >= 0.3 is 6.03 Å². The average molecular weight is 444 g/mol. The minimum Gasteiger partial charge on any atom is -0.497 e. The lowest BCUT2D eigenvalue weighted by Gasteiger charge is -2.42. The first kappa shape index (κ1) is 21.8. The van der Waals surface area contributed by atoms with Crippen molar-refractivity contribution in [2.75, 3.05) is 40.5 Å². The van der Waals surface area contributed by atoms with Gasteiger partial charge in [-0.3, -0.25) is 14.6 Å². The van der Waals surface area contributed by atoms with E-state index in [1.807, 2.05) is 24.3 Å². The van der Waals surface area contributed by atoms with Crippen LogP contribution in [0.4, 0.5) is 4.79 Å². The summed E-state index contributed by atoms with van der Waals surface area (Å²) in [4.78, 5) is 33.8. The number of methoxy groups -OCH3 is 2. The van der Waals surface area contributed by atoms with E-state index in [1.54, 1.807) is 30.5 Å². The fourth-order valence-electron chi connectivity index (χ4n) is 4.56. The van der Waals surface area contributed by atoms with Gasteiger partial charge in [0.2, 0.25) is 0 Å². The van der Waals surface area contributed by atoms with Crippen molar-refractivity contribution in [3.05, 3.63) is 52.2 Å². The number of hydrogen-bond donors (Lipinski definition) is 0. The molecule has 31 heavy (non-hydrogen) atoms. The quantitative estimate of drug-likeness (QED) is 0.587. The zero-order valence-electron chi connectivity index (χ0n) is 18.1. The molecular weight excluding hydrogens is 414 g/mol. The largest absolute Gasteiger partial charge is 0.497 e. The standard InChI is InChI=1S/C23H29N3O4S/c1-29-13-12-26-22(28)25(16-18-5-3-6-19(15-18)30-2)21(27)23(26)8-10-24(11-9-23)17-20-7-4-14-31-20/h3-7,14-15H,8-13,16-17H2,1-2H3. The molecule has 2 aromatic rings. The second kappa shape index (κ2) is 9.38. The first-order chi connectivity index (χ1) is 15.1. The highest BCUT2D eigenvalue weighted by atomic mass is 32.1. The van der Waals surface area contributed by atoms with Gasteiger partial charge in [-0.1, -0.05) is 18.2 Å². The zero-order chi connectivity index (χ0) is 21.8. The number of hydrogen-bond acceptors (Lipinski definition) is 6. The molecule has 2 fully saturated rings. The Hall–Kier alpha value is -2.42. The van der Waals surface area contributed by atoms with E-state index in [9.17, 15) is 9.59 Å². The molecule has 0 saturated carbocycles. The Balaban J connectivity index is 1.52. The molecule has 0 radical (unpaired) electrons. The number of amides is 3. The molecule has 0 bridgehead atoms. The third kappa shape index (κ3) is 4.33. The highest BCUT2D eigenvalue weighted by molar-refractivity contribution is 7.09. The van der Waals surface area contributed by atoms with E-state index in [4.69, 9.17) is 9.47 Å². The molecule has 3 heterocycles. The summed E-state index contributed by atoms with van der Waals surface area (Å²) in [5.41, 5.74) is 0.0976. The zero-order valence-corrected chi connectivity index (χ0v) is 18.9. The predicted molar refractivity (Wildman–Crippen MR) is 119 cm³/mol. The number of rotatable bonds is 8. The van der Waals surface area contributed by atoms with Gasteiger partial charge in [-0.2, -0.15) is 0 Å². The number of piperidine rings is 1. The lowest BCUT2D eigenvalue weighted by molar-refractivity contribution is -0.136. The van der Waals surface area contributed by atoms with Crippen molar-refractivity contribution in [2.24, 2.45) is 0 Å². The van der Waals surface area contributed by atoms with Crippen LogP contribution in [-0.4, -0.2) is 72.6 Å². The number of ether oxygens (including phenoxy) is 2. The highest BCUT2D eigenvalue weighted by Crippen LogP contribution is 2.38. The monoisotopic (exact) mass is 443 g/mol. The van der Waals surface area contributed by atoms with Gasteiger partial charge in [-0.25, -0.2) is 4.79 Å². The molecule has 3 amide bonds. The minimum absolute atomic E-state index is 0.0906. The van der Waals surface area contributed by atoms with Crippen LogP contribution in [0, 0.1) is 0 Å². The summed E-state index contributed by atoms with van der Waals surface area (Å²) in [5.74, 6) is 0.622. The van der Waals surface area contributed by atoms with Gasteiger partial charge in [0.05, 0.1) is 20.3 Å². The van der Waals surface area contributed by atoms with Crippen LogP contribution in [0.25, 0.3) is 0 Å². The number of urea groups is 1. The van der Waals surface area contributed by atoms with Crippen LogP contribution in [0.5, 0.6) is 5.75 Å². The first-order valence-electron chi connectivity index (χ1n) is 10.6. The Morgan fingerprint density at radius 1 is 1.06 bits per heavy atom. The van der Waals surface area contributed by atoms with E-state index < -0.39 is 5.54 Å². The maximum Gasteiger partial charge on any atom is 0.328 e. The Labute approximate surface area is 187 Å². The molecule has 2 aliphatic heterocycles. The van der Waals surface area contributed by atoms with Crippen molar-refractivity contribution in [1.29, 1.82) is 0 Å². The Bertz CT molecular complexity index is 909. The molecule has 0 unspecified atom stereocenters. The summed E-state index contributed by atoms with van der Waals surface area (Å²) in [6, 6.07) is 11.5. The van der Waals surface area contributed by atoms with Crippen LogP contribution in [-0.2, 0) is 22.6 Å². The summed E-state index contributed by atoms with van der Waals surface area (Å²) in [6.45, 7) is 3.54. The van der Waals surface area contributed by atoms with Crippen molar-refractivity contribution < 1.29 is 19.1 Å². The smallest absolute Gasteiger partial charge is 0.328 e. The molecule has 1 spiro atoms. The number of thiophene rings is 1. The highest BCUT2D eigenvalue weighted by Gasteiger charge is 2.57. The third-order valence-corrected chi connectivity index (χ3v) is 7.12. The summed E-state index contributed by atoms with van der Waals surface area (Å²) in [5, 5.41) is 2.09. The van der Waals surface area contributed by atoms with E-state index in [-0.39, 0.29) is 18.5 Å². The molecule has 1 aromatic carbocycles. The SMILES string of the molecule is COCCN1C(=O)N(Cc2cccc(OC)c2)C(=O)C12CCN(Cc1cccs1)CC2. The summed E-state index contributed by atoms with van der Waals surface area (Å²) in [6.07, 6.45) is 1.28. The van der Waals surface area contributed by atoms with E-state index in [1.165, 1.54) is 9.78 Å². The van der Waals surface area contributed by atoms with Crippen LogP contribution in [0.15, 0.2) is 41.8 Å². The normalized spacial score (nSPS) is 18.9. The molecule has 8 heteroatoms. The van der Waals surface area contributed by atoms with E-state index >= 15 is 0 Å². The molecule has 0 aliphatic carbocycles. The Morgan fingerprint density at radius 2 is 1.87 bits per heavy atom. The van der Waals surface area contributed by atoms with E-state index in [0.29, 0.717) is 31.7 Å². The molecule has 0 N–H and O–H groups in total. The maximum absolute atomic E-state index is 13.6. The van der Waals surface area contributed by atoms with Crippen LogP contribution in [0.1, 0.15) is 23.3 Å². The Morgan fingerprint density at radius 3 is 2.55 bits per heavy atom. The minimum atomic E-state index is -0.777. The Kier molecular flexibility index (Phi) is 6.60. The maximum atomic E-state index is 13.6. The van der Waals surface area contributed by atoms with Crippen molar-refractivity contribution >= 4 is 23.3 Å². The molecule has 2 aliphatic rings. The van der Waals surface area contributed by atoms with Crippen LogP contribution >= 0.6 is 11.3 Å². The molecule has 0 atom stereocenters. The van der Waals surface area contributed by atoms with Crippen LogP contribution < -0.4 is 4.74 Å². The molecular formula is C23H29N3O4S. The number of likely N-dealkylation sites (tertiary alicyclic amines) is 1. The number of carbonyl (C=O) groups excluding carboxylic acids is 2. The van der Waals surface area contributed by atoms with Gasteiger partial charge in [-0.05, 0) is 42.0 Å². The summed E-state index contributed by atoms with van der Waals surface area (Å²) >= 11 is 1.75. The third-order valence-electron chi connectivity index (χ3n) is 6.26. The number of benzene rings is 1. The molecule has 2 saturated heterocycles. The number of nitrogens with zero attached hydrogens (tertiary/aromatic N) is 3. The lowest BCUT2D eigenvalue weighted by Crippen LogP contribution is -2.57. The second-order valence-corrected chi connectivity index (χ2v) is 9.09. The predicted octanol–water partition coefficient (Wildman–Crippen LogP) is 3.20. The van der Waals surface area contributed by atoms with Gasteiger partial charge in [0, 0.05) is 38.2 Å². The van der Waals surface area contributed by atoms with Crippen molar-refractivity contribution in [1.82, 2.24) is 14.7 Å². The topological polar surface area (TPSA) is 62.3 Å². The fraction of sp³-hybridized carbons (Fsp3) is 0.478. The summed E-state index contributed by atoms with van der Waals surface area (Å²) in [7, 11) is 3.23. The van der Waals surface area contributed by atoms with Crippen molar-refractivity contribution in [3.63, 3.8) is 0 Å². The van der Waals surface area contributed by atoms with E-state index in [0.717, 1.165) is 25.2 Å². The molecule has 166 valence electrons. The molecule has 1 aromatic heterocycles. The number of carbonyl (C=O) groups is 2. The molecule has 7 nitrogen and oxygen atoms in total. The summed E-state index contributed by atoms with van der Waals surface area (Å²) < 4.78 is 10.5. The molecule has 4 rings (SSSR count). The number of imide groups is 1. The lowest BCUT2D eigenvalue weighted by atomic mass is 9.85. The van der Waals surface area contributed by atoms with Crippen LogP contribution in [0.3, 0.4) is 0 Å². The van der Waals surface area contributed by atoms with Gasteiger partial charge < -0.3 is 14.4 Å². The van der Waals surface area contributed by atoms with Crippen molar-refractivity contribution in [2.45, 2.75) is 31.5 Å². The van der Waals surface area contributed by atoms with Gasteiger partial charge in [0.1, 0.15) is 11.3 Å².